The highest BCUT2D eigenvalue weighted by Gasteiger charge is 2.31. The molecule has 1 aromatic heterocycles. The molecule has 2 aromatic rings. The number of para-hydroxylation sites is 1. The minimum atomic E-state index is -3.19. The third kappa shape index (κ3) is 4.58. The van der Waals surface area contributed by atoms with Gasteiger partial charge < -0.3 is 9.15 Å². The fraction of sp³-hybridized carbons (Fsp3) is 0.529. The van der Waals surface area contributed by atoms with Crippen LogP contribution in [0.25, 0.3) is 0 Å². The van der Waals surface area contributed by atoms with Gasteiger partial charge in [-0.2, -0.15) is 0 Å². The van der Waals surface area contributed by atoms with E-state index in [1.54, 1.807) is 4.31 Å². The minimum absolute atomic E-state index is 0.0571. The molecule has 7 nitrogen and oxygen atoms in total. The van der Waals surface area contributed by atoms with E-state index >= 15 is 0 Å². The van der Waals surface area contributed by atoms with Crippen molar-refractivity contribution in [1.82, 2.24) is 14.5 Å². The lowest BCUT2D eigenvalue weighted by atomic mass is 10.00. The van der Waals surface area contributed by atoms with Gasteiger partial charge in [-0.3, -0.25) is 0 Å². The van der Waals surface area contributed by atoms with E-state index in [-0.39, 0.29) is 18.3 Å². The summed E-state index contributed by atoms with van der Waals surface area (Å²) in [5.41, 5.74) is 0. The molecule has 1 unspecified atom stereocenters. The van der Waals surface area contributed by atoms with Crippen LogP contribution in [0.1, 0.15) is 43.9 Å². The summed E-state index contributed by atoms with van der Waals surface area (Å²) in [6, 6.07) is 9.41. The van der Waals surface area contributed by atoms with E-state index < -0.39 is 10.0 Å². The molecule has 1 atom stereocenters. The van der Waals surface area contributed by atoms with Gasteiger partial charge in [0.25, 0.3) is 5.89 Å². The Balaban J connectivity index is 1.61. The van der Waals surface area contributed by atoms with Crippen molar-refractivity contribution in [3.8, 4) is 5.75 Å². The van der Waals surface area contributed by atoms with Crippen LogP contribution in [0.5, 0.6) is 5.75 Å². The molecule has 0 N–H and O–H groups in total. The average Bonchev–Trinajstić information content (AvgIpc) is 3.10. The van der Waals surface area contributed by atoms with Crippen LogP contribution < -0.4 is 4.74 Å². The van der Waals surface area contributed by atoms with Gasteiger partial charge in [-0.05, 0) is 31.4 Å². The molecule has 0 aliphatic carbocycles. The predicted molar refractivity (Wildman–Crippen MR) is 92.7 cm³/mol. The molecule has 0 radical (unpaired) electrons. The number of rotatable bonds is 7. The Hall–Kier alpha value is -1.93. The van der Waals surface area contributed by atoms with Crippen molar-refractivity contribution in [3.63, 3.8) is 0 Å². The number of aromatic nitrogens is 2. The van der Waals surface area contributed by atoms with E-state index in [0.29, 0.717) is 31.3 Å². The summed E-state index contributed by atoms with van der Waals surface area (Å²) in [7, 11) is -3.19. The molecule has 1 saturated heterocycles. The lowest BCUT2D eigenvalue weighted by Crippen LogP contribution is -2.40. The maximum Gasteiger partial charge on any atom is 0.253 e. The van der Waals surface area contributed by atoms with Crippen LogP contribution in [-0.4, -0.2) is 41.8 Å². The fourth-order valence-corrected chi connectivity index (χ4v) is 4.52. The summed E-state index contributed by atoms with van der Waals surface area (Å²) in [5.74, 6) is 1.74. The molecule has 2 heterocycles. The van der Waals surface area contributed by atoms with E-state index in [0.717, 1.165) is 18.6 Å². The molecule has 0 saturated carbocycles. The van der Waals surface area contributed by atoms with E-state index in [1.165, 1.54) is 0 Å². The molecule has 0 spiro atoms. The number of piperidine rings is 1. The number of hydrogen-bond donors (Lipinski definition) is 0. The highest BCUT2D eigenvalue weighted by Crippen LogP contribution is 2.28. The normalized spacial score (nSPS) is 19.0. The summed E-state index contributed by atoms with van der Waals surface area (Å²) in [4.78, 5) is 0. The van der Waals surface area contributed by atoms with Gasteiger partial charge in [0.1, 0.15) is 5.75 Å². The zero-order chi connectivity index (χ0) is 17.7. The molecule has 25 heavy (non-hydrogen) atoms. The molecule has 3 rings (SSSR count). The quantitative estimate of drug-likeness (QED) is 0.750. The first kappa shape index (κ1) is 17.9. The molecular weight excluding hydrogens is 342 g/mol. The Bertz CT molecular complexity index is 776. The molecule has 1 aliphatic rings. The minimum Gasteiger partial charge on any atom is -0.484 e. The number of ether oxygens (including phenoxy) is 1. The average molecular weight is 365 g/mol. The smallest absolute Gasteiger partial charge is 0.253 e. The van der Waals surface area contributed by atoms with Crippen LogP contribution in [-0.2, 0) is 16.6 Å². The zero-order valence-corrected chi connectivity index (χ0v) is 15.1. The summed E-state index contributed by atoms with van der Waals surface area (Å²) >= 11 is 0. The van der Waals surface area contributed by atoms with Crippen LogP contribution >= 0.6 is 0 Å². The van der Waals surface area contributed by atoms with E-state index in [1.807, 2.05) is 37.3 Å². The zero-order valence-electron chi connectivity index (χ0n) is 14.3. The Morgan fingerprint density at radius 3 is 2.84 bits per heavy atom. The van der Waals surface area contributed by atoms with Crippen LogP contribution in [0.15, 0.2) is 34.7 Å². The van der Waals surface area contributed by atoms with Crippen LogP contribution in [0, 0.1) is 0 Å². The van der Waals surface area contributed by atoms with Crippen molar-refractivity contribution in [2.75, 3.05) is 18.8 Å². The third-order valence-electron chi connectivity index (χ3n) is 4.18. The van der Waals surface area contributed by atoms with Crippen molar-refractivity contribution in [1.29, 1.82) is 0 Å². The maximum absolute atomic E-state index is 12.3. The summed E-state index contributed by atoms with van der Waals surface area (Å²) < 4.78 is 37.4. The van der Waals surface area contributed by atoms with Gasteiger partial charge >= 0.3 is 0 Å². The summed E-state index contributed by atoms with van der Waals surface area (Å²) in [6.45, 7) is 3.04. The van der Waals surface area contributed by atoms with Crippen LogP contribution in [0.3, 0.4) is 0 Å². The monoisotopic (exact) mass is 365 g/mol. The molecule has 1 aliphatic heterocycles. The number of hydrogen-bond acceptors (Lipinski definition) is 6. The molecule has 1 aromatic carbocycles. The predicted octanol–water partition coefficient (Wildman–Crippen LogP) is 2.57. The molecule has 1 fully saturated rings. The Kier molecular flexibility index (Phi) is 5.70. The van der Waals surface area contributed by atoms with Crippen molar-refractivity contribution >= 4 is 10.0 Å². The second kappa shape index (κ2) is 7.97. The van der Waals surface area contributed by atoms with Crippen molar-refractivity contribution in [3.05, 3.63) is 42.1 Å². The van der Waals surface area contributed by atoms with Gasteiger partial charge in [-0.1, -0.05) is 25.1 Å². The van der Waals surface area contributed by atoms with Crippen LogP contribution in [0.4, 0.5) is 0 Å². The number of benzene rings is 1. The second-order valence-corrected chi connectivity index (χ2v) is 8.24. The maximum atomic E-state index is 12.3. The standard InChI is InChI=1S/C17H23N3O4S/c1-2-11-25(21,22)20-10-6-7-14(12-20)17-19-18-16(24-17)13-23-15-8-4-3-5-9-15/h3-5,8-9,14H,2,6-7,10-13H2,1H3. The highest BCUT2D eigenvalue weighted by molar-refractivity contribution is 7.89. The highest BCUT2D eigenvalue weighted by atomic mass is 32.2. The number of sulfonamides is 1. The van der Waals surface area contributed by atoms with Gasteiger partial charge in [-0.25, -0.2) is 12.7 Å². The van der Waals surface area contributed by atoms with Gasteiger partial charge in [0.15, 0.2) is 6.61 Å². The van der Waals surface area contributed by atoms with E-state index in [4.69, 9.17) is 9.15 Å². The van der Waals surface area contributed by atoms with E-state index in [2.05, 4.69) is 10.2 Å². The third-order valence-corrected chi connectivity index (χ3v) is 6.22. The number of nitrogens with zero attached hydrogens (tertiary/aromatic N) is 3. The summed E-state index contributed by atoms with van der Waals surface area (Å²) in [6.07, 6.45) is 2.26. The van der Waals surface area contributed by atoms with Crippen LogP contribution in [0.2, 0.25) is 0 Å². The Morgan fingerprint density at radius 1 is 1.28 bits per heavy atom. The first-order valence-electron chi connectivity index (χ1n) is 8.56. The van der Waals surface area contributed by atoms with Crippen molar-refractivity contribution in [2.45, 2.75) is 38.7 Å². The first-order chi connectivity index (χ1) is 12.1. The molecule has 8 heteroatoms. The Morgan fingerprint density at radius 2 is 2.08 bits per heavy atom. The van der Waals surface area contributed by atoms with Gasteiger partial charge in [0, 0.05) is 13.1 Å². The van der Waals surface area contributed by atoms with Gasteiger partial charge in [0.05, 0.1) is 11.7 Å². The molecule has 0 amide bonds. The largest absolute Gasteiger partial charge is 0.484 e. The Labute approximate surface area is 148 Å². The van der Waals surface area contributed by atoms with E-state index in [9.17, 15) is 8.42 Å². The van der Waals surface area contributed by atoms with Crippen molar-refractivity contribution in [2.24, 2.45) is 0 Å². The first-order valence-corrected chi connectivity index (χ1v) is 10.2. The van der Waals surface area contributed by atoms with Crippen molar-refractivity contribution < 1.29 is 17.6 Å². The molecular formula is C17H23N3O4S. The lowest BCUT2D eigenvalue weighted by molar-refractivity contribution is 0.243. The molecule has 0 bridgehead atoms. The van der Waals surface area contributed by atoms with Gasteiger partial charge in [-0.15, -0.1) is 10.2 Å². The SMILES string of the molecule is CCCS(=O)(=O)N1CCCC(c2nnc(COc3ccccc3)o2)C1. The molecule has 136 valence electrons. The summed E-state index contributed by atoms with van der Waals surface area (Å²) in [5, 5.41) is 8.12. The topological polar surface area (TPSA) is 85.5 Å². The lowest BCUT2D eigenvalue weighted by Gasteiger charge is -2.30. The van der Waals surface area contributed by atoms with Gasteiger partial charge in [0.2, 0.25) is 15.9 Å². The second-order valence-electron chi connectivity index (χ2n) is 6.15. The fourth-order valence-electron chi connectivity index (χ4n) is 2.94.